The highest BCUT2D eigenvalue weighted by Gasteiger charge is 2.12. The molecule has 7 nitrogen and oxygen atoms in total. The molecule has 1 amide bonds. The van der Waals surface area contributed by atoms with Gasteiger partial charge in [0.05, 0.1) is 6.21 Å². The first-order chi connectivity index (χ1) is 19.0. The molecule has 0 aliphatic heterocycles. The van der Waals surface area contributed by atoms with Gasteiger partial charge in [-0.15, -0.1) is 0 Å². The van der Waals surface area contributed by atoms with E-state index in [1.165, 1.54) is 11.4 Å². The summed E-state index contributed by atoms with van der Waals surface area (Å²) in [5.41, 5.74) is 6.71. The molecule has 2 heterocycles. The zero-order valence-corrected chi connectivity index (χ0v) is 21.9. The van der Waals surface area contributed by atoms with Gasteiger partial charge in [-0.25, -0.2) is 5.43 Å². The molecule has 5 aromatic rings. The average Bonchev–Trinajstić information content (AvgIpc) is 3.57. The Morgan fingerprint density at radius 1 is 0.949 bits per heavy atom. The van der Waals surface area contributed by atoms with Crippen LogP contribution in [-0.2, 0) is 6.61 Å². The molecule has 0 saturated heterocycles. The molecule has 7 heteroatoms. The number of fused-ring (bicyclic) bond motifs is 1. The van der Waals surface area contributed by atoms with Gasteiger partial charge in [-0.1, -0.05) is 43.0 Å². The van der Waals surface area contributed by atoms with Crippen molar-refractivity contribution in [2.24, 2.45) is 5.10 Å². The fourth-order valence-electron chi connectivity index (χ4n) is 4.39. The fourth-order valence-corrected chi connectivity index (χ4v) is 4.39. The van der Waals surface area contributed by atoms with Crippen molar-refractivity contribution in [2.75, 3.05) is 6.61 Å². The Kier molecular flexibility index (Phi) is 7.59. The van der Waals surface area contributed by atoms with E-state index in [2.05, 4.69) is 47.7 Å². The molecule has 5 rings (SSSR count). The second kappa shape index (κ2) is 11.6. The number of benzene rings is 3. The lowest BCUT2D eigenvalue weighted by atomic mass is 10.0. The smallest absolute Gasteiger partial charge is 0.307 e. The zero-order chi connectivity index (χ0) is 27.2. The summed E-state index contributed by atoms with van der Waals surface area (Å²) in [4.78, 5) is 12.6. The molecule has 0 bridgehead atoms. The van der Waals surface area contributed by atoms with Gasteiger partial charge < -0.3 is 18.5 Å². The van der Waals surface area contributed by atoms with Gasteiger partial charge in [-0.05, 0) is 79.2 Å². The molecule has 0 radical (unpaired) electrons. The van der Waals surface area contributed by atoms with Gasteiger partial charge >= 0.3 is 5.91 Å². The van der Waals surface area contributed by atoms with Gasteiger partial charge in [0, 0.05) is 22.6 Å². The number of amides is 1. The summed E-state index contributed by atoms with van der Waals surface area (Å²) in [6.07, 6.45) is 3.25. The molecular weight excluding hydrogens is 490 g/mol. The van der Waals surface area contributed by atoms with Gasteiger partial charge in [-0.3, -0.25) is 4.79 Å². The standard InChI is InChI=1S/C32H29N3O4/c1-4-19-37-30-17-11-24-7-5-6-8-28(24)29(30)20-33-34-32(36)31-18-16-27(39-31)21-38-26-14-12-25(13-15-26)35-22(2)9-10-23(35)3/h4-18,20H,1,19,21H2,2-3H3,(H,34,36)/b33-20+. The first kappa shape index (κ1) is 25.6. The number of furan rings is 1. The van der Waals surface area contributed by atoms with E-state index in [4.69, 9.17) is 13.9 Å². The van der Waals surface area contributed by atoms with E-state index in [1.54, 1.807) is 24.4 Å². The van der Waals surface area contributed by atoms with Crippen molar-refractivity contribution in [1.29, 1.82) is 0 Å². The Balaban J connectivity index is 1.21. The van der Waals surface area contributed by atoms with Gasteiger partial charge in [0.15, 0.2) is 5.76 Å². The number of ether oxygens (including phenoxy) is 2. The monoisotopic (exact) mass is 519 g/mol. The van der Waals surface area contributed by atoms with Gasteiger partial charge in [0.25, 0.3) is 0 Å². The van der Waals surface area contributed by atoms with E-state index in [0.29, 0.717) is 23.9 Å². The highest BCUT2D eigenvalue weighted by Crippen LogP contribution is 2.27. The van der Waals surface area contributed by atoms with Crippen LogP contribution in [0.5, 0.6) is 11.5 Å². The number of hydrogen-bond acceptors (Lipinski definition) is 5. The Morgan fingerprint density at radius 3 is 2.49 bits per heavy atom. The number of carbonyl (C=O) groups is 1. The Hall–Kier alpha value is -5.04. The number of hydrogen-bond donors (Lipinski definition) is 1. The topological polar surface area (TPSA) is 78.0 Å². The van der Waals surface area contributed by atoms with Crippen molar-refractivity contribution in [2.45, 2.75) is 20.5 Å². The van der Waals surface area contributed by atoms with Crippen molar-refractivity contribution < 1.29 is 18.7 Å². The molecule has 3 aromatic carbocycles. The van der Waals surface area contributed by atoms with E-state index < -0.39 is 5.91 Å². The number of rotatable bonds is 10. The first-order valence-corrected chi connectivity index (χ1v) is 12.6. The van der Waals surface area contributed by atoms with E-state index in [1.807, 2.05) is 60.7 Å². The third-order valence-electron chi connectivity index (χ3n) is 6.28. The molecule has 39 heavy (non-hydrogen) atoms. The minimum atomic E-state index is -0.465. The van der Waals surface area contributed by atoms with Crippen LogP contribution in [0.4, 0.5) is 0 Å². The molecule has 0 unspecified atom stereocenters. The molecule has 196 valence electrons. The summed E-state index contributed by atoms with van der Waals surface area (Å²) in [5.74, 6) is 1.56. The van der Waals surface area contributed by atoms with Crippen LogP contribution in [0.25, 0.3) is 16.5 Å². The fraction of sp³-hybridized carbons (Fsp3) is 0.125. The zero-order valence-electron chi connectivity index (χ0n) is 21.9. The second-order valence-electron chi connectivity index (χ2n) is 9.00. The second-order valence-corrected chi connectivity index (χ2v) is 9.00. The number of aryl methyl sites for hydroxylation is 2. The predicted molar refractivity (Wildman–Crippen MR) is 153 cm³/mol. The largest absolute Gasteiger partial charge is 0.489 e. The van der Waals surface area contributed by atoms with Crippen molar-refractivity contribution in [3.8, 4) is 17.2 Å². The third-order valence-corrected chi connectivity index (χ3v) is 6.28. The Bertz CT molecular complexity index is 1620. The molecule has 0 atom stereocenters. The van der Waals surface area contributed by atoms with Crippen LogP contribution in [0.15, 0.2) is 107 Å². The SMILES string of the molecule is C=CCOc1ccc2ccccc2c1/C=N/NC(=O)c1ccc(COc2ccc(-n3c(C)ccc3C)cc2)o1. The summed E-state index contributed by atoms with van der Waals surface area (Å²) >= 11 is 0. The number of hydrazone groups is 1. The Morgan fingerprint density at radius 2 is 1.72 bits per heavy atom. The number of nitrogens with zero attached hydrogens (tertiary/aromatic N) is 2. The average molecular weight is 520 g/mol. The molecule has 0 aliphatic rings. The molecule has 1 N–H and O–H groups in total. The first-order valence-electron chi connectivity index (χ1n) is 12.6. The third kappa shape index (κ3) is 5.78. The quantitative estimate of drug-likeness (QED) is 0.126. The van der Waals surface area contributed by atoms with Gasteiger partial charge in [0.2, 0.25) is 0 Å². The van der Waals surface area contributed by atoms with E-state index in [9.17, 15) is 4.79 Å². The number of aromatic nitrogens is 1. The molecule has 0 spiro atoms. The highest BCUT2D eigenvalue weighted by atomic mass is 16.5. The van der Waals surface area contributed by atoms with Crippen LogP contribution in [0.3, 0.4) is 0 Å². The molecule has 2 aromatic heterocycles. The highest BCUT2D eigenvalue weighted by molar-refractivity contribution is 6.03. The number of nitrogens with one attached hydrogen (secondary N) is 1. The van der Waals surface area contributed by atoms with Crippen molar-refractivity contribution in [3.05, 3.63) is 126 Å². The van der Waals surface area contributed by atoms with Crippen molar-refractivity contribution >= 4 is 22.9 Å². The predicted octanol–water partition coefficient (Wildman–Crippen LogP) is 6.75. The van der Waals surface area contributed by atoms with Gasteiger partial charge in [-0.2, -0.15) is 5.10 Å². The van der Waals surface area contributed by atoms with Crippen LogP contribution in [0, 0.1) is 13.8 Å². The lowest BCUT2D eigenvalue weighted by molar-refractivity contribution is 0.0923. The maximum absolute atomic E-state index is 12.6. The normalized spacial score (nSPS) is 11.1. The van der Waals surface area contributed by atoms with Crippen LogP contribution in [0.1, 0.15) is 33.3 Å². The minimum Gasteiger partial charge on any atom is -0.489 e. The Labute approximate surface area is 227 Å². The van der Waals surface area contributed by atoms with Crippen LogP contribution in [-0.4, -0.2) is 23.3 Å². The molecule has 0 saturated carbocycles. The molecular formula is C32H29N3O4. The van der Waals surface area contributed by atoms with E-state index in [0.717, 1.165) is 22.0 Å². The van der Waals surface area contributed by atoms with Crippen molar-refractivity contribution in [1.82, 2.24) is 9.99 Å². The lowest BCUT2D eigenvalue weighted by Crippen LogP contribution is -2.17. The van der Waals surface area contributed by atoms with Crippen molar-refractivity contribution in [3.63, 3.8) is 0 Å². The van der Waals surface area contributed by atoms with Crippen LogP contribution < -0.4 is 14.9 Å². The number of carbonyl (C=O) groups excluding carboxylic acids is 1. The molecule has 0 aliphatic carbocycles. The minimum absolute atomic E-state index is 0.140. The van der Waals surface area contributed by atoms with E-state index in [-0.39, 0.29) is 12.4 Å². The maximum atomic E-state index is 12.6. The summed E-state index contributed by atoms with van der Waals surface area (Å²) in [6, 6.07) is 27.1. The summed E-state index contributed by atoms with van der Waals surface area (Å²) in [7, 11) is 0. The van der Waals surface area contributed by atoms with Crippen LogP contribution in [0.2, 0.25) is 0 Å². The van der Waals surface area contributed by atoms with Gasteiger partial charge in [0.1, 0.15) is 30.5 Å². The molecule has 0 fully saturated rings. The summed E-state index contributed by atoms with van der Waals surface area (Å²) < 4.78 is 19.5. The maximum Gasteiger partial charge on any atom is 0.307 e. The summed E-state index contributed by atoms with van der Waals surface area (Å²) in [5, 5.41) is 6.16. The lowest BCUT2D eigenvalue weighted by Gasteiger charge is -2.10. The van der Waals surface area contributed by atoms with E-state index >= 15 is 0 Å². The van der Waals surface area contributed by atoms with Crippen LogP contribution >= 0.6 is 0 Å². The summed E-state index contributed by atoms with van der Waals surface area (Å²) in [6.45, 7) is 8.41.